The van der Waals surface area contributed by atoms with Gasteiger partial charge in [0.1, 0.15) is 0 Å². The Labute approximate surface area is 225 Å². The first-order valence-electron chi connectivity index (χ1n) is 13.9. The molecular weight excluding hydrogens is 456 g/mol. The third-order valence-electron chi connectivity index (χ3n) is 8.98. The number of aryl methyl sites for hydroxylation is 1. The van der Waals surface area contributed by atoms with Crippen molar-refractivity contribution in [3.8, 4) is 33.4 Å². The van der Waals surface area contributed by atoms with Crippen LogP contribution in [0.5, 0.6) is 0 Å². The maximum absolute atomic E-state index is 2.50. The number of fused-ring (bicyclic) bond motifs is 5. The molecule has 0 saturated carbocycles. The van der Waals surface area contributed by atoms with E-state index in [1.165, 1.54) is 71.6 Å². The van der Waals surface area contributed by atoms with Crippen molar-refractivity contribution in [1.82, 2.24) is 0 Å². The Balaban J connectivity index is 1.58. The third-order valence-corrected chi connectivity index (χ3v) is 8.98. The SMILES string of the molecule is CCc1ccc2c(-c3ccc4c(c3)C(C)(CC)c3ccccc3-4)c3ccccc3c(-c3ccccc3)c2c1. The standard InChI is InChI=1S/C38H32/c1-4-25-19-21-32-33(23-25)36(26-13-7-6-8-14-26)30-16-9-10-17-31(30)37(32)27-20-22-29-28-15-11-12-18-34(28)38(3,5-2)35(29)24-27/h6-24H,4-5H2,1-3H3. The molecule has 0 heteroatoms. The Hall–Kier alpha value is -4.16. The Morgan fingerprint density at radius 1 is 0.500 bits per heavy atom. The van der Waals surface area contributed by atoms with Crippen LogP contribution in [0.15, 0.2) is 115 Å². The monoisotopic (exact) mass is 488 g/mol. The summed E-state index contributed by atoms with van der Waals surface area (Å²) >= 11 is 0. The first kappa shape index (κ1) is 23.0. The summed E-state index contributed by atoms with van der Waals surface area (Å²) in [6.45, 7) is 6.99. The average Bonchev–Trinajstić information content (AvgIpc) is 3.24. The lowest BCUT2D eigenvalue weighted by Crippen LogP contribution is -2.19. The number of hydrogen-bond donors (Lipinski definition) is 0. The predicted octanol–water partition coefficient (Wildman–Crippen LogP) is 10.6. The van der Waals surface area contributed by atoms with Crippen molar-refractivity contribution < 1.29 is 0 Å². The fourth-order valence-electron chi connectivity index (χ4n) is 6.79. The zero-order chi connectivity index (χ0) is 25.9. The van der Waals surface area contributed by atoms with E-state index in [4.69, 9.17) is 0 Å². The van der Waals surface area contributed by atoms with Gasteiger partial charge in [0.2, 0.25) is 0 Å². The van der Waals surface area contributed by atoms with Gasteiger partial charge in [-0.05, 0) is 90.5 Å². The van der Waals surface area contributed by atoms with E-state index < -0.39 is 0 Å². The summed E-state index contributed by atoms with van der Waals surface area (Å²) in [4.78, 5) is 0. The van der Waals surface area contributed by atoms with E-state index in [0.717, 1.165) is 12.8 Å². The van der Waals surface area contributed by atoms with Crippen LogP contribution in [-0.4, -0.2) is 0 Å². The molecule has 0 heterocycles. The Morgan fingerprint density at radius 3 is 1.87 bits per heavy atom. The molecule has 0 spiro atoms. The van der Waals surface area contributed by atoms with Gasteiger partial charge in [0.15, 0.2) is 0 Å². The molecule has 6 aromatic carbocycles. The highest BCUT2D eigenvalue weighted by Gasteiger charge is 2.37. The molecular formula is C38H32. The van der Waals surface area contributed by atoms with Crippen LogP contribution in [0.3, 0.4) is 0 Å². The molecule has 0 fully saturated rings. The average molecular weight is 489 g/mol. The Morgan fingerprint density at radius 2 is 1.13 bits per heavy atom. The predicted molar refractivity (Wildman–Crippen MR) is 164 cm³/mol. The van der Waals surface area contributed by atoms with Gasteiger partial charge in [-0.15, -0.1) is 0 Å². The van der Waals surface area contributed by atoms with Crippen molar-refractivity contribution in [3.05, 3.63) is 132 Å². The number of hydrogen-bond acceptors (Lipinski definition) is 0. The fraction of sp³-hybridized carbons (Fsp3) is 0.158. The quantitative estimate of drug-likeness (QED) is 0.216. The summed E-state index contributed by atoms with van der Waals surface area (Å²) in [5, 5.41) is 5.30. The number of rotatable bonds is 4. The molecule has 1 unspecified atom stereocenters. The molecule has 0 saturated heterocycles. The Bertz CT molecular complexity index is 1840. The highest BCUT2D eigenvalue weighted by molar-refractivity contribution is 6.21. The van der Waals surface area contributed by atoms with Gasteiger partial charge in [-0.3, -0.25) is 0 Å². The Kier molecular flexibility index (Phi) is 5.27. The van der Waals surface area contributed by atoms with Crippen molar-refractivity contribution in [2.75, 3.05) is 0 Å². The first-order valence-corrected chi connectivity index (χ1v) is 13.9. The van der Waals surface area contributed by atoms with E-state index in [1.807, 2.05) is 0 Å². The summed E-state index contributed by atoms with van der Waals surface area (Å²) in [7, 11) is 0. The number of benzene rings is 6. The highest BCUT2D eigenvalue weighted by atomic mass is 14.4. The molecule has 0 aromatic heterocycles. The smallest absolute Gasteiger partial charge is 0.0184 e. The van der Waals surface area contributed by atoms with Crippen molar-refractivity contribution in [2.24, 2.45) is 0 Å². The largest absolute Gasteiger partial charge is 0.0642 e. The fourth-order valence-corrected chi connectivity index (χ4v) is 6.79. The van der Waals surface area contributed by atoms with Gasteiger partial charge in [-0.1, -0.05) is 130 Å². The van der Waals surface area contributed by atoms with Crippen LogP contribution in [0.2, 0.25) is 0 Å². The zero-order valence-electron chi connectivity index (χ0n) is 22.4. The summed E-state index contributed by atoms with van der Waals surface area (Å²) in [5.74, 6) is 0. The van der Waals surface area contributed by atoms with E-state index in [1.54, 1.807) is 0 Å². The molecule has 1 atom stereocenters. The molecule has 0 aliphatic heterocycles. The van der Waals surface area contributed by atoms with Crippen molar-refractivity contribution in [2.45, 2.75) is 39.0 Å². The van der Waals surface area contributed by atoms with Crippen molar-refractivity contribution in [1.29, 1.82) is 0 Å². The molecule has 7 rings (SSSR count). The minimum Gasteiger partial charge on any atom is -0.0642 e. The third kappa shape index (κ3) is 3.23. The molecule has 0 radical (unpaired) electrons. The van der Waals surface area contributed by atoms with Crippen LogP contribution in [0, 0.1) is 0 Å². The van der Waals surface area contributed by atoms with Gasteiger partial charge in [0.25, 0.3) is 0 Å². The van der Waals surface area contributed by atoms with E-state index in [0.29, 0.717) is 0 Å². The van der Waals surface area contributed by atoms with E-state index in [2.05, 4.69) is 136 Å². The molecule has 0 amide bonds. The van der Waals surface area contributed by atoms with Crippen LogP contribution in [0.4, 0.5) is 0 Å². The topological polar surface area (TPSA) is 0 Å². The normalized spacial score (nSPS) is 16.1. The van der Waals surface area contributed by atoms with E-state index >= 15 is 0 Å². The van der Waals surface area contributed by atoms with Gasteiger partial charge in [0, 0.05) is 5.41 Å². The zero-order valence-corrected chi connectivity index (χ0v) is 22.4. The van der Waals surface area contributed by atoms with Crippen LogP contribution < -0.4 is 0 Å². The van der Waals surface area contributed by atoms with Gasteiger partial charge in [0.05, 0.1) is 0 Å². The van der Waals surface area contributed by atoms with Crippen molar-refractivity contribution in [3.63, 3.8) is 0 Å². The minimum atomic E-state index is 0.0207. The second-order valence-electron chi connectivity index (χ2n) is 10.9. The summed E-state index contributed by atoms with van der Waals surface area (Å²) < 4.78 is 0. The van der Waals surface area contributed by atoms with Gasteiger partial charge < -0.3 is 0 Å². The van der Waals surface area contributed by atoms with Gasteiger partial charge in [-0.2, -0.15) is 0 Å². The summed E-state index contributed by atoms with van der Waals surface area (Å²) in [5.41, 5.74) is 12.3. The van der Waals surface area contributed by atoms with Crippen LogP contribution >= 0.6 is 0 Å². The lowest BCUT2D eigenvalue weighted by molar-refractivity contribution is 0.565. The van der Waals surface area contributed by atoms with Crippen LogP contribution in [0.1, 0.15) is 43.9 Å². The first-order chi connectivity index (χ1) is 18.6. The second kappa shape index (κ2) is 8.71. The highest BCUT2D eigenvalue weighted by Crippen LogP contribution is 2.52. The maximum atomic E-state index is 2.50. The molecule has 0 nitrogen and oxygen atoms in total. The van der Waals surface area contributed by atoms with Crippen LogP contribution in [-0.2, 0) is 11.8 Å². The van der Waals surface area contributed by atoms with Gasteiger partial charge >= 0.3 is 0 Å². The maximum Gasteiger partial charge on any atom is 0.0184 e. The van der Waals surface area contributed by atoms with Crippen LogP contribution in [0.25, 0.3) is 54.9 Å². The molecule has 184 valence electrons. The molecule has 6 aromatic rings. The molecule has 0 N–H and O–H groups in total. The lowest BCUT2D eigenvalue weighted by atomic mass is 9.77. The van der Waals surface area contributed by atoms with Crippen molar-refractivity contribution >= 4 is 21.5 Å². The molecule has 1 aliphatic rings. The molecule has 0 bridgehead atoms. The second-order valence-corrected chi connectivity index (χ2v) is 10.9. The summed E-state index contributed by atoms with van der Waals surface area (Å²) in [6.07, 6.45) is 2.10. The van der Waals surface area contributed by atoms with E-state index in [9.17, 15) is 0 Å². The summed E-state index contributed by atoms with van der Waals surface area (Å²) in [6, 6.07) is 43.2. The molecule has 38 heavy (non-hydrogen) atoms. The van der Waals surface area contributed by atoms with Gasteiger partial charge in [-0.25, -0.2) is 0 Å². The van der Waals surface area contributed by atoms with E-state index in [-0.39, 0.29) is 5.41 Å². The minimum absolute atomic E-state index is 0.0207. The lowest BCUT2D eigenvalue weighted by Gasteiger charge is -2.26. The molecule has 1 aliphatic carbocycles.